The molecule has 0 aliphatic heterocycles. The number of carbonyl (C=O) groups is 2. The fourth-order valence-electron chi connectivity index (χ4n) is 3.68. The molecule has 3 rings (SSSR count). The van der Waals surface area contributed by atoms with Crippen LogP contribution in [0, 0.1) is 0 Å². The largest absolute Gasteiger partial charge is 0.372 e. The Morgan fingerprint density at radius 2 is 1.43 bits per heavy atom. The zero-order valence-corrected chi connectivity index (χ0v) is 21.4. The van der Waals surface area contributed by atoms with Gasteiger partial charge < -0.3 is 10.2 Å². The van der Waals surface area contributed by atoms with Gasteiger partial charge in [0.25, 0.3) is 11.8 Å². The first-order chi connectivity index (χ1) is 18.1. The monoisotopic (exact) mass is 494 g/mol. The van der Waals surface area contributed by atoms with Crippen LogP contribution in [-0.2, 0) is 4.79 Å². The molecular weight excluding hydrogens is 460 g/mol. The van der Waals surface area contributed by atoms with Gasteiger partial charge in [-0.3, -0.25) is 9.59 Å². The van der Waals surface area contributed by atoms with Crippen LogP contribution in [0.5, 0.6) is 0 Å². The quantitative estimate of drug-likeness (QED) is 0.145. The molecule has 0 saturated heterocycles. The molecule has 0 aliphatic carbocycles. The van der Waals surface area contributed by atoms with E-state index in [-0.39, 0.29) is 11.6 Å². The van der Waals surface area contributed by atoms with E-state index in [1.807, 2.05) is 54.6 Å². The maximum atomic E-state index is 12.9. The van der Waals surface area contributed by atoms with Crippen molar-refractivity contribution in [3.8, 4) is 0 Å². The van der Waals surface area contributed by atoms with Crippen molar-refractivity contribution in [1.29, 1.82) is 0 Å². The topological polar surface area (TPSA) is 73.8 Å². The molecule has 0 fully saturated rings. The second kappa shape index (κ2) is 14.8. The van der Waals surface area contributed by atoms with Gasteiger partial charge in [0, 0.05) is 24.3 Å². The SMILES string of the molecule is CCCN(CCC)c1ccc(/C=N/NC(=O)/C(=C/C=C/c2ccccc2)NC(=O)c2ccccc2)cc1. The molecule has 3 aromatic rings. The average molecular weight is 495 g/mol. The molecule has 2 N–H and O–H groups in total. The Labute approximate surface area is 219 Å². The number of anilines is 1. The number of hydrazone groups is 1. The van der Waals surface area contributed by atoms with E-state index in [2.05, 4.69) is 46.7 Å². The molecule has 6 nitrogen and oxygen atoms in total. The molecule has 37 heavy (non-hydrogen) atoms. The highest BCUT2D eigenvalue weighted by Crippen LogP contribution is 2.15. The van der Waals surface area contributed by atoms with E-state index in [0.717, 1.165) is 37.1 Å². The number of hydrogen-bond acceptors (Lipinski definition) is 4. The molecule has 0 aliphatic rings. The van der Waals surface area contributed by atoms with Crippen LogP contribution in [0.1, 0.15) is 48.2 Å². The van der Waals surface area contributed by atoms with Crippen molar-refractivity contribution in [3.63, 3.8) is 0 Å². The van der Waals surface area contributed by atoms with Crippen LogP contribution in [0.25, 0.3) is 6.08 Å². The highest BCUT2D eigenvalue weighted by molar-refractivity contribution is 6.03. The maximum absolute atomic E-state index is 12.9. The Morgan fingerprint density at radius 3 is 2.05 bits per heavy atom. The van der Waals surface area contributed by atoms with Crippen molar-refractivity contribution in [2.24, 2.45) is 5.10 Å². The number of carbonyl (C=O) groups excluding carboxylic acids is 2. The molecule has 2 amide bonds. The van der Waals surface area contributed by atoms with Crippen molar-refractivity contribution in [2.75, 3.05) is 18.0 Å². The molecule has 0 unspecified atom stereocenters. The molecule has 0 radical (unpaired) electrons. The van der Waals surface area contributed by atoms with Crippen LogP contribution >= 0.6 is 0 Å². The molecule has 0 bridgehead atoms. The number of nitrogens with zero attached hydrogens (tertiary/aromatic N) is 2. The van der Waals surface area contributed by atoms with E-state index < -0.39 is 5.91 Å². The van der Waals surface area contributed by atoms with Gasteiger partial charge in [0.15, 0.2) is 0 Å². The minimum Gasteiger partial charge on any atom is -0.372 e. The van der Waals surface area contributed by atoms with Gasteiger partial charge in [0.05, 0.1) is 6.21 Å². The van der Waals surface area contributed by atoms with E-state index in [0.29, 0.717) is 5.56 Å². The molecule has 0 atom stereocenters. The molecular formula is C31H34N4O2. The Hall–Kier alpha value is -4.45. The Kier molecular flexibility index (Phi) is 10.9. The Morgan fingerprint density at radius 1 is 0.811 bits per heavy atom. The third kappa shape index (κ3) is 8.93. The molecule has 0 aromatic heterocycles. The van der Waals surface area contributed by atoms with E-state index >= 15 is 0 Å². The fraction of sp³-hybridized carbons (Fsp3) is 0.194. The van der Waals surface area contributed by atoms with E-state index in [1.165, 1.54) is 5.69 Å². The predicted molar refractivity (Wildman–Crippen MR) is 152 cm³/mol. The molecule has 0 spiro atoms. The number of amides is 2. The van der Waals surface area contributed by atoms with Crippen molar-refractivity contribution in [1.82, 2.24) is 10.7 Å². The molecule has 0 saturated carbocycles. The summed E-state index contributed by atoms with van der Waals surface area (Å²) >= 11 is 0. The maximum Gasteiger partial charge on any atom is 0.287 e. The van der Waals surface area contributed by atoms with Gasteiger partial charge in [0.1, 0.15) is 5.70 Å². The van der Waals surface area contributed by atoms with E-state index in [4.69, 9.17) is 0 Å². The highest BCUT2D eigenvalue weighted by atomic mass is 16.2. The normalized spacial score (nSPS) is 11.6. The highest BCUT2D eigenvalue weighted by Gasteiger charge is 2.13. The molecule has 3 aromatic carbocycles. The van der Waals surface area contributed by atoms with Crippen LogP contribution in [-0.4, -0.2) is 31.1 Å². The smallest absolute Gasteiger partial charge is 0.287 e. The van der Waals surface area contributed by atoms with Gasteiger partial charge >= 0.3 is 0 Å². The van der Waals surface area contributed by atoms with E-state index in [9.17, 15) is 9.59 Å². The summed E-state index contributed by atoms with van der Waals surface area (Å²) in [6, 6.07) is 26.5. The third-order valence-electron chi connectivity index (χ3n) is 5.50. The minimum atomic E-state index is -0.521. The minimum absolute atomic E-state index is 0.0864. The van der Waals surface area contributed by atoms with Gasteiger partial charge in [-0.15, -0.1) is 0 Å². The number of benzene rings is 3. The van der Waals surface area contributed by atoms with Crippen molar-refractivity contribution in [2.45, 2.75) is 26.7 Å². The van der Waals surface area contributed by atoms with Crippen molar-refractivity contribution < 1.29 is 9.59 Å². The predicted octanol–water partition coefficient (Wildman–Crippen LogP) is 5.79. The zero-order valence-electron chi connectivity index (χ0n) is 21.4. The van der Waals surface area contributed by atoms with Gasteiger partial charge in [-0.2, -0.15) is 5.10 Å². The van der Waals surface area contributed by atoms with Gasteiger partial charge in [0.2, 0.25) is 0 Å². The molecule has 0 heterocycles. The van der Waals surface area contributed by atoms with Crippen LogP contribution in [0.15, 0.2) is 108 Å². The second-order valence-corrected chi connectivity index (χ2v) is 8.45. The Bertz CT molecular complexity index is 1210. The summed E-state index contributed by atoms with van der Waals surface area (Å²) in [5.41, 5.74) is 6.07. The summed E-state index contributed by atoms with van der Waals surface area (Å²) in [5, 5.41) is 6.79. The summed E-state index contributed by atoms with van der Waals surface area (Å²) in [5.74, 6) is -0.898. The third-order valence-corrected chi connectivity index (χ3v) is 5.50. The molecule has 6 heteroatoms. The fourth-order valence-corrected chi connectivity index (χ4v) is 3.68. The second-order valence-electron chi connectivity index (χ2n) is 8.45. The zero-order chi connectivity index (χ0) is 26.3. The lowest BCUT2D eigenvalue weighted by molar-refractivity contribution is -0.117. The van der Waals surface area contributed by atoms with Crippen LogP contribution < -0.4 is 15.6 Å². The van der Waals surface area contributed by atoms with Crippen LogP contribution in [0.3, 0.4) is 0 Å². The lowest BCUT2D eigenvalue weighted by Crippen LogP contribution is -2.32. The summed E-state index contributed by atoms with van der Waals surface area (Å²) in [6.07, 6.45) is 8.90. The van der Waals surface area contributed by atoms with Crippen LogP contribution in [0.2, 0.25) is 0 Å². The van der Waals surface area contributed by atoms with Gasteiger partial charge in [-0.25, -0.2) is 5.43 Å². The number of nitrogens with one attached hydrogen (secondary N) is 2. The first kappa shape index (κ1) is 27.1. The lowest BCUT2D eigenvalue weighted by atomic mass is 10.2. The first-order valence-corrected chi connectivity index (χ1v) is 12.6. The lowest BCUT2D eigenvalue weighted by Gasteiger charge is -2.23. The standard InChI is InChI=1S/C31H34N4O2/c1-3-22-35(23-4-2)28-20-18-26(19-21-28)24-32-34-31(37)29(17-11-14-25-12-7-5-8-13-25)33-30(36)27-15-9-6-10-16-27/h5-21,24H,3-4,22-23H2,1-2H3,(H,33,36)(H,34,37)/b14-11+,29-17-,32-24+. The summed E-state index contributed by atoms with van der Waals surface area (Å²) < 4.78 is 0. The van der Waals surface area contributed by atoms with Gasteiger partial charge in [-0.05, 0) is 54.3 Å². The summed E-state index contributed by atoms with van der Waals surface area (Å²) in [4.78, 5) is 27.9. The Balaban J connectivity index is 1.69. The molecule has 190 valence electrons. The summed E-state index contributed by atoms with van der Waals surface area (Å²) in [7, 11) is 0. The summed E-state index contributed by atoms with van der Waals surface area (Å²) in [6.45, 7) is 6.38. The van der Waals surface area contributed by atoms with Gasteiger partial charge in [-0.1, -0.05) is 86.7 Å². The number of rotatable bonds is 12. The first-order valence-electron chi connectivity index (χ1n) is 12.6. The van der Waals surface area contributed by atoms with E-state index in [1.54, 1.807) is 42.6 Å². The average Bonchev–Trinajstić information content (AvgIpc) is 2.93. The van der Waals surface area contributed by atoms with Crippen molar-refractivity contribution in [3.05, 3.63) is 119 Å². The van der Waals surface area contributed by atoms with Crippen LogP contribution in [0.4, 0.5) is 5.69 Å². The van der Waals surface area contributed by atoms with Crippen molar-refractivity contribution >= 4 is 29.8 Å². The number of allylic oxidation sites excluding steroid dienone is 2. The number of hydrogen-bond donors (Lipinski definition) is 2.